The molecule has 1 aromatic carbocycles. The van der Waals surface area contributed by atoms with E-state index in [-0.39, 0.29) is 35.3 Å². The molecule has 0 aliphatic heterocycles. The first-order valence-corrected chi connectivity index (χ1v) is 12.7. The molecule has 0 aromatic heterocycles. The van der Waals surface area contributed by atoms with Crippen LogP contribution in [0.3, 0.4) is 0 Å². The fourth-order valence-corrected chi connectivity index (χ4v) is 5.61. The van der Waals surface area contributed by atoms with Crippen LogP contribution in [0.4, 0.5) is 0 Å². The van der Waals surface area contributed by atoms with Gasteiger partial charge in [0.1, 0.15) is 22.8 Å². The number of aliphatic hydroxyl groups excluding tert-OH is 3. The number of fused-ring (bicyclic) bond motifs is 3. The van der Waals surface area contributed by atoms with E-state index in [4.69, 9.17) is 0 Å². The van der Waals surface area contributed by atoms with Crippen LogP contribution in [0.5, 0.6) is 5.75 Å². The molecule has 3 aliphatic rings. The Hall–Kier alpha value is -3.21. The summed E-state index contributed by atoms with van der Waals surface area (Å²) in [4.78, 5) is 41.8. The minimum absolute atomic E-state index is 0.00555. The first-order chi connectivity index (χ1) is 17.6. The van der Waals surface area contributed by atoms with Gasteiger partial charge in [-0.1, -0.05) is 46.8 Å². The van der Waals surface area contributed by atoms with Crippen LogP contribution in [-0.2, 0) is 20.8 Å². The molecular weight excluding hydrogens is 492 g/mol. The van der Waals surface area contributed by atoms with Gasteiger partial charge in [0.25, 0.3) is 5.91 Å². The third-order valence-corrected chi connectivity index (χ3v) is 7.30. The lowest BCUT2D eigenvalue weighted by atomic mass is 9.56. The highest BCUT2D eigenvalue weighted by atomic mass is 16.4. The number of phenolic OH excluding ortho intramolecular Hbond substituents is 1. The zero-order valence-electron chi connectivity index (χ0n) is 22.9. The monoisotopic (exact) mass is 530 g/mol. The van der Waals surface area contributed by atoms with Crippen molar-refractivity contribution in [2.75, 3.05) is 20.6 Å². The van der Waals surface area contributed by atoms with Gasteiger partial charge in [-0.05, 0) is 37.6 Å². The van der Waals surface area contributed by atoms with Crippen LogP contribution >= 0.6 is 0 Å². The van der Waals surface area contributed by atoms with Crippen molar-refractivity contribution in [2.45, 2.75) is 58.8 Å². The van der Waals surface area contributed by atoms with E-state index in [1.165, 1.54) is 25.1 Å². The van der Waals surface area contributed by atoms with E-state index in [0.717, 1.165) is 0 Å². The molecule has 38 heavy (non-hydrogen) atoms. The van der Waals surface area contributed by atoms with Crippen molar-refractivity contribution in [3.8, 4) is 5.75 Å². The van der Waals surface area contributed by atoms with E-state index < -0.39 is 64.1 Å². The Bertz CT molecular complexity index is 1230. The summed E-state index contributed by atoms with van der Waals surface area (Å²) in [7, 11) is 3.01. The van der Waals surface area contributed by atoms with Crippen molar-refractivity contribution in [2.24, 2.45) is 17.3 Å². The van der Waals surface area contributed by atoms with Gasteiger partial charge in [0.2, 0.25) is 5.78 Å². The molecule has 3 aliphatic carbocycles. The largest absolute Gasteiger partial charge is 0.508 e. The van der Waals surface area contributed by atoms with Gasteiger partial charge in [0.15, 0.2) is 11.4 Å². The fraction of sp³-hybridized carbons (Fsp3) is 0.536. The second-order valence-corrected chi connectivity index (χ2v) is 11.2. The van der Waals surface area contributed by atoms with E-state index in [1.54, 1.807) is 12.1 Å². The molecular formula is C28H38N2O8. The van der Waals surface area contributed by atoms with Crippen molar-refractivity contribution in [3.63, 3.8) is 0 Å². The van der Waals surface area contributed by atoms with Gasteiger partial charge in [-0.2, -0.15) is 0 Å². The zero-order chi connectivity index (χ0) is 28.9. The molecule has 0 unspecified atom stereocenters. The molecule has 1 aromatic rings. The maximum Gasteiger partial charge on any atom is 0.258 e. The highest BCUT2D eigenvalue weighted by Crippen LogP contribution is 2.52. The van der Waals surface area contributed by atoms with Crippen molar-refractivity contribution in [1.82, 2.24) is 10.2 Å². The fourth-order valence-electron chi connectivity index (χ4n) is 5.61. The van der Waals surface area contributed by atoms with Gasteiger partial charge < -0.3 is 30.8 Å². The van der Waals surface area contributed by atoms with Crippen LogP contribution < -0.4 is 5.32 Å². The standard InChI is InChI=1S/C26H32N2O8.C2H6/c1-25(2,3)10-27-24(35)16-21(32)18(28(4)5)17-19(30)12-9-11-7-6-8-13(29)14(11)20(31)15(12)22(33)26(17,36)23(16)34;1-2/h6-8,12,17-19,29-31,34,36H,9-10H2,1-5H3,(H,27,35);1-2H3/t12-,17-,18+,19+,26+;/m1./s1. The molecule has 6 N–H and O–H groups in total. The lowest BCUT2D eigenvalue weighted by molar-refractivity contribution is -0.168. The molecule has 1 saturated carbocycles. The van der Waals surface area contributed by atoms with Gasteiger partial charge in [0.05, 0.1) is 23.6 Å². The minimum Gasteiger partial charge on any atom is -0.508 e. The summed E-state index contributed by atoms with van der Waals surface area (Å²) in [6.45, 7) is 9.69. The number of amides is 1. The third-order valence-electron chi connectivity index (χ3n) is 7.30. The molecule has 208 valence electrons. The Kier molecular flexibility index (Phi) is 7.85. The van der Waals surface area contributed by atoms with Gasteiger partial charge in [-0.3, -0.25) is 19.3 Å². The number of nitrogens with one attached hydrogen (secondary N) is 1. The van der Waals surface area contributed by atoms with E-state index in [9.17, 15) is 39.9 Å². The number of ketones is 2. The number of hydrogen-bond acceptors (Lipinski definition) is 9. The summed E-state index contributed by atoms with van der Waals surface area (Å²) in [5.41, 5.74) is -3.89. The lowest BCUT2D eigenvalue weighted by Gasteiger charge is -2.52. The van der Waals surface area contributed by atoms with Crippen LogP contribution in [0.2, 0.25) is 0 Å². The Morgan fingerprint density at radius 3 is 2.29 bits per heavy atom. The lowest BCUT2D eigenvalue weighted by Crippen LogP contribution is -2.70. The first-order valence-electron chi connectivity index (χ1n) is 12.7. The molecule has 0 bridgehead atoms. The summed E-state index contributed by atoms with van der Waals surface area (Å²) in [6.07, 6.45) is -1.52. The summed E-state index contributed by atoms with van der Waals surface area (Å²) in [5, 5.41) is 58.3. The smallest absolute Gasteiger partial charge is 0.258 e. The topological polar surface area (TPSA) is 168 Å². The predicted molar refractivity (Wildman–Crippen MR) is 140 cm³/mol. The van der Waals surface area contributed by atoms with Crippen LogP contribution in [0.25, 0.3) is 5.76 Å². The summed E-state index contributed by atoms with van der Waals surface area (Å²) >= 11 is 0. The molecule has 10 nitrogen and oxygen atoms in total. The number of nitrogens with zero attached hydrogens (tertiary/aromatic N) is 1. The molecule has 5 atom stereocenters. The van der Waals surface area contributed by atoms with E-state index in [1.807, 2.05) is 34.6 Å². The van der Waals surface area contributed by atoms with Crippen LogP contribution in [-0.4, -0.2) is 86.3 Å². The van der Waals surface area contributed by atoms with Gasteiger partial charge in [0, 0.05) is 18.0 Å². The number of likely N-dealkylation sites (N-methyl/N-ethyl adjacent to an activating group) is 1. The first kappa shape index (κ1) is 29.3. The Morgan fingerprint density at radius 2 is 1.74 bits per heavy atom. The normalized spacial score (nSPS) is 28.8. The van der Waals surface area contributed by atoms with Crippen molar-refractivity contribution >= 4 is 23.2 Å². The number of phenols is 1. The molecule has 0 saturated heterocycles. The van der Waals surface area contributed by atoms with Crippen molar-refractivity contribution in [3.05, 3.63) is 46.2 Å². The van der Waals surface area contributed by atoms with Gasteiger partial charge in [-0.15, -0.1) is 0 Å². The van der Waals surface area contributed by atoms with Crippen LogP contribution in [0.15, 0.2) is 35.1 Å². The summed E-state index contributed by atoms with van der Waals surface area (Å²) in [6, 6.07) is 3.19. The molecule has 0 radical (unpaired) electrons. The number of carbonyl (C=O) groups is 3. The number of carbonyl (C=O) groups excluding carboxylic acids is 3. The minimum atomic E-state index is -2.86. The van der Waals surface area contributed by atoms with Gasteiger partial charge in [-0.25, -0.2) is 0 Å². The van der Waals surface area contributed by atoms with Crippen molar-refractivity contribution < 1.29 is 39.9 Å². The number of rotatable bonds is 3. The molecule has 1 fully saturated rings. The maximum atomic E-state index is 13.8. The average molecular weight is 531 g/mol. The predicted octanol–water partition coefficient (Wildman–Crippen LogP) is 1.64. The van der Waals surface area contributed by atoms with Gasteiger partial charge >= 0.3 is 0 Å². The molecule has 0 heterocycles. The van der Waals surface area contributed by atoms with E-state index >= 15 is 0 Å². The van der Waals surface area contributed by atoms with E-state index in [0.29, 0.717) is 5.56 Å². The van der Waals surface area contributed by atoms with Crippen LogP contribution in [0.1, 0.15) is 45.7 Å². The second-order valence-electron chi connectivity index (χ2n) is 11.2. The molecule has 1 amide bonds. The second kappa shape index (κ2) is 10.2. The number of Topliss-reactive ketones (excluding diaryl/α,β-unsaturated/α-hetero) is 2. The summed E-state index contributed by atoms with van der Waals surface area (Å²) < 4.78 is 0. The third kappa shape index (κ3) is 4.40. The Morgan fingerprint density at radius 1 is 1.13 bits per heavy atom. The van der Waals surface area contributed by atoms with E-state index in [2.05, 4.69) is 5.32 Å². The van der Waals surface area contributed by atoms with Crippen molar-refractivity contribution in [1.29, 1.82) is 0 Å². The number of hydrogen-bond donors (Lipinski definition) is 6. The molecule has 0 spiro atoms. The number of aliphatic hydroxyl groups is 4. The Balaban J connectivity index is 0.00000195. The molecule has 10 heteroatoms. The SMILES string of the molecule is CC.CN(C)[C@@H]1C(=O)C(C(=O)NCC(C)(C)C)=C(O)[C@@]2(O)C(=O)C3=C(O)c4c(O)cccc4C[C@H]3[C@H](O)[C@@H]12. The average Bonchev–Trinajstić information content (AvgIpc) is 2.83. The Labute approximate surface area is 222 Å². The number of aromatic hydroxyl groups is 1. The zero-order valence-corrected chi connectivity index (χ0v) is 22.9. The maximum absolute atomic E-state index is 13.8. The highest BCUT2D eigenvalue weighted by molar-refractivity contribution is 6.25. The quantitative estimate of drug-likeness (QED) is 0.318. The molecule has 4 rings (SSSR count). The number of benzene rings is 1. The van der Waals surface area contributed by atoms with Crippen LogP contribution in [0, 0.1) is 17.3 Å². The summed E-state index contributed by atoms with van der Waals surface area (Å²) in [5.74, 6) is -7.54. The highest BCUT2D eigenvalue weighted by Gasteiger charge is 2.67.